The smallest absolute Gasteiger partial charge is 0.225 e. The van der Waals surface area contributed by atoms with Crippen molar-refractivity contribution in [1.29, 1.82) is 0 Å². The summed E-state index contributed by atoms with van der Waals surface area (Å²) in [5, 5.41) is 0. The number of amides is 1. The molecule has 1 aromatic carbocycles. The Morgan fingerprint density at radius 1 is 1.35 bits per heavy atom. The number of hydrogen-bond acceptors (Lipinski definition) is 1. The van der Waals surface area contributed by atoms with E-state index in [0.29, 0.717) is 12.1 Å². The van der Waals surface area contributed by atoms with Crippen LogP contribution in [-0.2, 0) is 11.3 Å². The van der Waals surface area contributed by atoms with E-state index in [4.69, 9.17) is 0 Å². The number of rotatable bonds is 3. The zero-order chi connectivity index (χ0) is 12.3. The summed E-state index contributed by atoms with van der Waals surface area (Å²) in [5.41, 5.74) is 0.585. The van der Waals surface area contributed by atoms with E-state index in [1.807, 2.05) is 0 Å². The quantitative estimate of drug-likeness (QED) is 0.788. The molecular weight excluding hydrogens is 217 g/mol. The number of benzene rings is 1. The molecule has 0 heterocycles. The summed E-state index contributed by atoms with van der Waals surface area (Å²) in [5.74, 6) is 0.0797. The molecule has 1 fully saturated rings. The van der Waals surface area contributed by atoms with Crippen LogP contribution in [0.2, 0.25) is 0 Å². The molecular formula is C14H18FNO. The van der Waals surface area contributed by atoms with Crippen LogP contribution >= 0.6 is 0 Å². The lowest BCUT2D eigenvalue weighted by Crippen LogP contribution is -2.31. The van der Waals surface area contributed by atoms with Crippen molar-refractivity contribution in [3.05, 3.63) is 35.6 Å². The van der Waals surface area contributed by atoms with Crippen LogP contribution in [0, 0.1) is 11.7 Å². The second kappa shape index (κ2) is 5.30. The van der Waals surface area contributed by atoms with Crippen LogP contribution in [0.1, 0.15) is 31.2 Å². The lowest BCUT2D eigenvalue weighted by atomic mass is 10.1. The van der Waals surface area contributed by atoms with Gasteiger partial charge in [-0.15, -0.1) is 0 Å². The van der Waals surface area contributed by atoms with Crippen LogP contribution in [0.4, 0.5) is 4.39 Å². The maximum Gasteiger partial charge on any atom is 0.225 e. The SMILES string of the molecule is CN(Cc1ccccc1F)C(=O)C1CCCC1. The minimum atomic E-state index is -0.237. The van der Waals surface area contributed by atoms with Crippen LogP contribution in [0.5, 0.6) is 0 Å². The molecule has 0 N–H and O–H groups in total. The number of carbonyl (C=O) groups excluding carboxylic acids is 1. The summed E-state index contributed by atoms with van der Waals surface area (Å²) >= 11 is 0. The van der Waals surface area contributed by atoms with Crippen LogP contribution in [-0.4, -0.2) is 17.9 Å². The summed E-state index contributed by atoms with van der Waals surface area (Å²) in [6, 6.07) is 6.63. The molecule has 3 heteroatoms. The first kappa shape index (κ1) is 12.1. The van der Waals surface area contributed by atoms with Crippen molar-refractivity contribution in [2.75, 3.05) is 7.05 Å². The topological polar surface area (TPSA) is 20.3 Å². The third kappa shape index (κ3) is 2.84. The van der Waals surface area contributed by atoms with Gasteiger partial charge in [0.05, 0.1) is 0 Å². The van der Waals surface area contributed by atoms with Gasteiger partial charge in [-0.25, -0.2) is 4.39 Å². The van der Waals surface area contributed by atoms with E-state index in [9.17, 15) is 9.18 Å². The first-order chi connectivity index (χ1) is 8.18. The minimum absolute atomic E-state index is 0.158. The summed E-state index contributed by atoms with van der Waals surface area (Å²) in [7, 11) is 1.76. The number of carbonyl (C=O) groups is 1. The molecule has 2 nitrogen and oxygen atoms in total. The molecule has 2 rings (SSSR count). The molecule has 0 saturated heterocycles. The van der Waals surface area contributed by atoms with Gasteiger partial charge in [-0.05, 0) is 18.9 Å². The summed E-state index contributed by atoms with van der Waals surface area (Å²) < 4.78 is 13.5. The van der Waals surface area contributed by atoms with Crippen molar-refractivity contribution in [1.82, 2.24) is 4.90 Å². The molecule has 0 bridgehead atoms. The largest absolute Gasteiger partial charge is 0.341 e. The molecule has 0 aromatic heterocycles. The maximum atomic E-state index is 13.5. The van der Waals surface area contributed by atoms with E-state index in [-0.39, 0.29) is 17.6 Å². The number of halogens is 1. The Kier molecular flexibility index (Phi) is 3.77. The first-order valence-corrected chi connectivity index (χ1v) is 6.17. The summed E-state index contributed by atoms with van der Waals surface area (Å²) in [4.78, 5) is 13.7. The molecule has 0 atom stereocenters. The van der Waals surface area contributed by atoms with Crippen molar-refractivity contribution in [3.8, 4) is 0 Å². The number of hydrogen-bond donors (Lipinski definition) is 0. The predicted molar refractivity (Wildman–Crippen MR) is 64.8 cm³/mol. The lowest BCUT2D eigenvalue weighted by Gasteiger charge is -2.21. The van der Waals surface area contributed by atoms with Gasteiger partial charge in [0.15, 0.2) is 0 Å². The Bertz CT molecular complexity index is 399. The summed E-state index contributed by atoms with van der Waals surface area (Å²) in [6.45, 7) is 0.363. The van der Waals surface area contributed by atoms with Gasteiger partial charge < -0.3 is 4.90 Å². The van der Waals surface area contributed by atoms with E-state index >= 15 is 0 Å². The van der Waals surface area contributed by atoms with Gasteiger partial charge >= 0.3 is 0 Å². The standard InChI is InChI=1S/C14H18FNO/c1-16(14(17)11-6-2-3-7-11)10-12-8-4-5-9-13(12)15/h4-5,8-9,11H,2-3,6-7,10H2,1H3. The van der Waals surface area contributed by atoms with Gasteiger partial charge in [0.25, 0.3) is 0 Å². The third-order valence-electron chi connectivity index (χ3n) is 3.45. The van der Waals surface area contributed by atoms with Gasteiger partial charge in [-0.1, -0.05) is 31.0 Å². The van der Waals surface area contributed by atoms with Crippen LogP contribution in [0.15, 0.2) is 24.3 Å². The van der Waals surface area contributed by atoms with E-state index in [2.05, 4.69) is 0 Å². The zero-order valence-corrected chi connectivity index (χ0v) is 10.2. The molecule has 92 valence electrons. The van der Waals surface area contributed by atoms with E-state index in [1.54, 1.807) is 30.1 Å². The average Bonchev–Trinajstić information content (AvgIpc) is 2.84. The Morgan fingerprint density at radius 3 is 2.65 bits per heavy atom. The van der Waals surface area contributed by atoms with Crippen LogP contribution < -0.4 is 0 Å². The van der Waals surface area contributed by atoms with E-state index in [1.165, 1.54) is 6.07 Å². The second-order valence-electron chi connectivity index (χ2n) is 4.77. The number of nitrogens with zero attached hydrogens (tertiary/aromatic N) is 1. The average molecular weight is 235 g/mol. The van der Waals surface area contributed by atoms with Crippen molar-refractivity contribution in [3.63, 3.8) is 0 Å². The second-order valence-corrected chi connectivity index (χ2v) is 4.77. The monoisotopic (exact) mass is 235 g/mol. The predicted octanol–water partition coefficient (Wildman–Crippen LogP) is 2.97. The van der Waals surface area contributed by atoms with Gasteiger partial charge in [0.1, 0.15) is 5.82 Å². The van der Waals surface area contributed by atoms with Gasteiger partial charge in [0.2, 0.25) is 5.91 Å². The highest BCUT2D eigenvalue weighted by Gasteiger charge is 2.25. The fourth-order valence-electron chi connectivity index (χ4n) is 2.44. The van der Waals surface area contributed by atoms with Crippen molar-refractivity contribution in [2.45, 2.75) is 32.2 Å². The molecule has 1 aliphatic rings. The van der Waals surface area contributed by atoms with E-state index in [0.717, 1.165) is 25.7 Å². The Morgan fingerprint density at radius 2 is 2.00 bits per heavy atom. The van der Waals surface area contributed by atoms with Gasteiger partial charge in [0, 0.05) is 25.1 Å². The van der Waals surface area contributed by atoms with Crippen molar-refractivity contribution >= 4 is 5.91 Å². The molecule has 0 aliphatic heterocycles. The molecule has 1 saturated carbocycles. The fraction of sp³-hybridized carbons (Fsp3) is 0.500. The van der Waals surface area contributed by atoms with Crippen molar-refractivity contribution in [2.24, 2.45) is 5.92 Å². The van der Waals surface area contributed by atoms with Crippen LogP contribution in [0.3, 0.4) is 0 Å². The molecule has 17 heavy (non-hydrogen) atoms. The third-order valence-corrected chi connectivity index (χ3v) is 3.45. The fourth-order valence-corrected chi connectivity index (χ4v) is 2.44. The highest BCUT2D eigenvalue weighted by Crippen LogP contribution is 2.26. The normalized spacial score (nSPS) is 16.1. The first-order valence-electron chi connectivity index (χ1n) is 6.17. The molecule has 0 spiro atoms. The van der Waals surface area contributed by atoms with E-state index < -0.39 is 0 Å². The van der Waals surface area contributed by atoms with Crippen molar-refractivity contribution < 1.29 is 9.18 Å². The van der Waals surface area contributed by atoms with Gasteiger partial charge in [-0.2, -0.15) is 0 Å². The van der Waals surface area contributed by atoms with Gasteiger partial charge in [-0.3, -0.25) is 4.79 Å². The maximum absolute atomic E-state index is 13.5. The highest BCUT2D eigenvalue weighted by molar-refractivity contribution is 5.78. The van der Waals surface area contributed by atoms with Crippen LogP contribution in [0.25, 0.3) is 0 Å². The Labute approximate surface area is 101 Å². The molecule has 1 amide bonds. The Hall–Kier alpha value is -1.38. The molecule has 0 unspecified atom stereocenters. The molecule has 1 aromatic rings. The molecule has 1 aliphatic carbocycles. The molecule has 0 radical (unpaired) electrons. The highest BCUT2D eigenvalue weighted by atomic mass is 19.1. The zero-order valence-electron chi connectivity index (χ0n) is 10.2. The Balaban J connectivity index is 1.99. The minimum Gasteiger partial charge on any atom is -0.341 e. The summed E-state index contributed by atoms with van der Waals surface area (Å²) in [6.07, 6.45) is 4.26. The lowest BCUT2D eigenvalue weighted by molar-refractivity contribution is -0.134.